The SMILES string of the molecule is CC(C(=O)c1c(I)c(C(=O)O)c(I)c(C(=O)ON)c1I)N1CCNCCNCCNCC1. The van der Waals surface area contributed by atoms with E-state index in [1.165, 1.54) is 0 Å². The van der Waals surface area contributed by atoms with Crippen LogP contribution in [0.5, 0.6) is 0 Å². The summed E-state index contributed by atoms with van der Waals surface area (Å²) in [4.78, 5) is 44.3. The minimum absolute atomic E-state index is 0.00779. The van der Waals surface area contributed by atoms with Crippen molar-refractivity contribution in [3.63, 3.8) is 0 Å². The van der Waals surface area contributed by atoms with Crippen molar-refractivity contribution in [2.24, 2.45) is 5.90 Å². The molecular weight excluding hydrogens is 759 g/mol. The molecule has 1 atom stereocenters. The van der Waals surface area contributed by atoms with Crippen LogP contribution >= 0.6 is 67.8 Å². The predicted molar refractivity (Wildman–Crippen MR) is 145 cm³/mol. The van der Waals surface area contributed by atoms with Crippen molar-refractivity contribution in [3.8, 4) is 0 Å². The minimum Gasteiger partial charge on any atom is -0.478 e. The van der Waals surface area contributed by atoms with Gasteiger partial charge in [-0.15, -0.1) is 0 Å². The van der Waals surface area contributed by atoms with E-state index in [0.717, 1.165) is 26.2 Å². The van der Waals surface area contributed by atoms with E-state index in [0.29, 0.717) is 33.3 Å². The number of benzene rings is 1. The number of hydrogen-bond acceptors (Lipinski definition) is 9. The Hall–Kier alpha value is -0.180. The van der Waals surface area contributed by atoms with Gasteiger partial charge in [-0.25, -0.2) is 9.59 Å². The summed E-state index contributed by atoms with van der Waals surface area (Å²) in [5.74, 6) is 2.72. The van der Waals surface area contributed by atoms with Crippen molar-refractivity contribution in [2.75, 3.05) is 52.4 Å². The zero-order chi connectivity index (χ0) is 23.8. The number of carbonyl (C=O) groups is 3. The van der Waals surface area contributed by atoms with Crippen molar-refractivity contribution in [1.82, 2.24) is 20.9 Å². The van der Waals surface area contributed by atoms with E-state index in [2.05, 4.69) is 25.7 Å². The maximum atomic E-state index is 13.6. The average molecular weight is 785 g/mol. The van der Waals surface area contributed by atoms with E-state index in [-0.39, 0.29) is 26.0 Å². The zero-order valence-corrected chi connectivity index (χ0v) is 23.9. The lowest BCUT2D eigenvalue weighted by Gasteiger charge is -2.30. The highest BCUT2D eigenvalue weighted by Gasteiger charge is 2.33. The number of carboxylic acids is 1. The van der Waals surface area contributed by atoms with Crippen LogP contribution in [-0.4, -0.2) is 86.1 Å². The molecule has 13 heteroatoms. The van der Waals surface area contributed by atoms with E-state index in [1.807, 2.05) is 45.2 Å². The fourth-order valence-corrected chi connectivity index (χ4v) is 7.95. The number of hydrogen-bond donors (Lipinski definition) is 5. The number of halogens is 3. The first-order valence-corrected chi connectivity index (χ1v) is 13.2. The number of aromatic carboxylic acids is 1. The number of rotatable bonds is 5. The minimum atomic E-state index is -1.23. The fourth-order valence-electron chi connectivity index (χ4n) is 3.35. The largest absolute Gasteiger partial charge is 0.478 e. The summed E-state index contributed by atoms with van der Waals surface area (Å²) in [6.07, 6.45) is 0. The summed E-state index contributed by atoms with van der Waals surface area (Å²) < 4.78 is 0.827. The monoisotopic (exact) mass is 785 g/mol. The first kappa shape index (κ1) is 28.1. The van der Waals surface area contributed by atoms with E-state index < -0.39 is 18.0 Å². The van der Waals surface area contributed by atoms with Gasteiger partial charge in [0, 0.05) is 68.6 Å². The summed E-state index contributed by atoms with van der Waals surface area (Å²) in [6.45, 7) is 7.93. The van der Waals surface area contributed by atoms with E-state index in [9.17, 15) is 19.5 Å². The maximum absolute atomic E-state index is 13.6. The number of nitrogens with zero attached hydrogens (tertiary/aromatic N) is 1. The topological polar surface area (TPSA) is 146 Å². The third-order valence-corrected chi connectivity index (χ3v) is 8.36. The van der Waals surface area contributed by atoms with Gasteiger partial charge in [0.2, 0.25) is 0 Å². The van der Waals surface area contributed by atoms with Gasteiger partial charge in [-0.2, -0.15) is 5.90 Å². The van der Waals surface area contributed by atoms with Gasteiger partial charge < -0.3 is 25.9 Å². The van der Waals surface area contributed by atoms with Crippen molar-refractivity contribution >= 4 is 85.5 Å². The quantitative estimate of drug-likeness (QED) is 0.166. The van der Waals surface area contributed by atoms with E-state index >= 15 is 0 Å². The standard InChI is InChI=1S/C19H26I3N5O5/c1-10(27-8-6-25-4-2-24-3-5-26-7-9-27)17(28)11-14(20)12(18(29)30)16(22)13(15(11)21)19(31)32-23/h10,24-26H,2-9,23H2,1H3,(H,29,30). The molecule has 1 fully saturated rings. The Balaban J connectivity index is 2.43. The summed E-state index contributed by atoms with van der Waals surface area (Å²) in [7, 11) is 0. The van der Waals surface area contributed by atoms with Crippen LogP contribution in [0.4, 0.5) is 0 Å². The van der Waals surface area contributed by atoms with Crippen molar-refractivity contribution in [1.29, 1.82) is 0 Å². The molecule has 32 heavy (non-hydrogen) atoms. The predicted octanol–water partition coefficient (Wildman–Crippen LogP) is 0.885. The normalized spacial score (nSPS) is 17.7. The van der Waals surface area contributed by atoms with Crippen LogP contribution in [0.15, 0.2) is 0 Å². The zero-order valence-electron chi connectivity index (χ0n) is 17.5. The van der Waals surface area contributed by atoms with Gasteiger partial charge in [-0.1, -0.05) is 0 Å². The molecule has 1 aliphatic rings. The number of Topliss-reactive ketones (excluding diaryl/α,β-unsaturated/α-hetero) is 1. The summed E-state index contributed by atoms with van der Waals surface area (Å²) in [5.41, 5.74) is 0.0897. The summed E-state index contributed by atoms with van der Waals surface area (Å²) in [6, 6.07) is -0.523. The Morgan fingerprint density at radius 2 is 1.31 bits per heavy atom. The Kier molecular flexibility index (Phi) is 12.0. The molecule has 0 aromatic heterocycles. The van der Waals surface area contributed by atoms with Gasteiger partial charge in [0.15, 0.2) is 5.78 Å². The molecule has 1 aliphatic heterocycles. The van der Waals surface area contributed by atoms with E-state index in [1.54, 1.807) is 29.5 Å². The fraction of sp³-hybridized carbons (Fsp3) is 0.526. The van der Waals surface area contributed by atoms with Gasteiger partial charge in [0.25, 0.3) is 0 Å². The third kappa shape index (κ3) is 6.92. The number of ketones is 1. The molecule has 0 amide bonds. The van der Waals surface area contributed by atoms with Gasteiger partial charge in [0.05, 0.1) is 17.2 Å². The van der Waals surface area contributed by atoms with E-state index in [4.69, 9.17) is 5.90 Å². The number of nitrogens with one attached hydrogen (secondary N) is 3. The van der Waals surface area contributed by atoms with Crippen LogP contribution in [0.3, 0.4) is 0 Å². The molecule has 2 rings (SSSR count). The average Bonchev–Trinajstić information content (AvgIpc) is 2.73. The molecule has 0 saturated carbocycles. The number of nitrogens with two attached hydrogens (primary N) is 1. The molecule has 6 N–H and O–H groups in total. The molecule has 0 radical (unpaired) electrons. The Bertz CT molecular complexity index is 858. The van der Waals surface area contributed by atoms with Crippen LogP contribution in [0.2, 0.25) is 0 Å². The molecule has 10 nitrogen and oxygen atoms in total. The summed E-state index contributed by atoms with van der Waals surface area (Å²) >= 11 is 5.54. The van der Waals surface area contributed by atoms with Crippen LogP contribution in [0.25, 0.3) is 0 Å². The molecule has 0 spiro atoms. The molecule has 1 unspecified atom stereocenters. The highest BCUT2D eigenvalue weighted by molar-refractivity contribution is 14.1. The van der Waals surface area contributed by atoms with Crippen LogP contribution in [0, 0.1) is 10.7 Å². The van der Waals surface area contributed by atoms with Crippen molar-refractivity contribution in [2.45, 2.75) is 13.0 Å². The Morgan fingerprint density at radius 3 is 1.78 bits per heavy atom. The molecule has 0 aliphatic carbocycles. The number of carbonyl (C=O) groups excluding carboxylic acids is 2. The summed E-state index contributed by atoms with van der Waals surface area (Å²) in [5, 5.41) is 19.8. The van der Waals surface area contributed by atoms with Crippen molar-refractivity contribution < 1.29 is 24.3 Å². The molecule has 178 valence electrons. The molecule has 1 heterocycles. The van der Waals surface area contributed by atoms with Gasteiger partial charge >= 0.3 is 11.9 Å². The highest BCUT2D eigenvalue weighted by Crippen LogP contribution is 2.33. The lowest BCUT2D eigenvalue weighted by Crippen LogP contribution is -2.47. The molecular formula is C19H26I3N5O5. The third-order valence-electron chi connectivity index (χ3n) is 5.12. The number of carboxylic acid groups (broad SMARTS) is 1. The van der Waals surface area contributed by atoms with Crippen molar-refractivity contribution in [3.05, 3.63) is 27.4 Å². The first-order chi connectivity index (χ1) is 15.2. The van der Waals surface area contributed by atoms with Crippen LogP contribution < -0.4 is 21.8 Å². The highest BCUT2D eigenvalue weighted by atomic mass is 127. The molecule has 0 bridgehead atoms. The van der Waals surface area contributed by atoms with Gasteiger partial charge in [-0.3, -0.25) is 9.69 Å². The second kappa shape index (κ2) is 13.6. The Labute approximate surface area is 227 Å². The molecule has 1 aromatic carbocycles. The molecule has 1 aromatic rings. The second-order valence-electron chi connectivity index (χ2n) is 7.10. The van der Waals surface area contributed by atoms with Crippen LogP contribution in [-0.2, 0) is 4.84 Å². The first-order valence-electron chi connectivity index (χ1n) is 9.97. The lowest BCUT2D eigenvalue weighted by molar-refractivity contribution is 0.0500. The lowest BCUT2D eigenvalue weighted by atomic mass is 9.98. The van der Waals surface area contributed by atoms with Gasteiger partial charge in [-0.05, 0) is 74.7 Å². The smallest absolute Gasteiger partial charge is 0.358 e. The van der Waals surface area contributed by atoms with Gasteiger partial charge in [0.1, 0.15) is 0 Å². The maximum Gasteiger partial charge on any atom is 0.358 e. The Morgan fingerprint density at radius 1 is 0.875 bits per heavy atom. The second-order valence-corrected chi connectivity index (χ2v) is 10.3. The molecule has 1 saturated heterocycles. The van der Waals surface area contributed by atoms with Crippen LogP contribution in [0.1, 0.15) is 38.0 Å².